The van der Waals surface area contributed by atoms with Crippen molar-refractivity contribution in [1.29, 1.82) is 0 Å². The van der Waals surface area contributed by atoms with Crippen molar-refractivity contribution in [3.8, 4) is 0 Å². The molecule has 0 heterocycles. The Bertz CT molecular complexity index is 297. The van der Waals surface area contributed by atoms with Crippen LogP contribution in [0.2, 0.25) is 0 Å². The molecule has 0 bridgehead atoms. The molecule has 0 radical (unpaired) electrons. The number of likely N-dealkylation sites (N-methyl/N-ethyl adjacent to an activating group) is 2. The van der Waals surface area contributed by atoms with E-state index in [4.69, 9.17) is 5.11 Å². The summed E-state index contributed by atoms with van der Waals surface area (Å²) < 4.78 is 0. The Morgan fingerprint density at radius 2 is 1.67 bits per heavy atom. The van der Waals surface area contributed by atoms with Gasteiger partial charge in [0.05, 0.1) is 0 Å². The number of amides is 2. The van der Waals surface area contributed by atoms with Gasteiger partial charge in [0.2, 0.25) is 0 Å². The minimum absolute atomic E-state index is 0.362. The zero-order valence-electron chi connectivity index (χ0n) is 12.1. The molecular formula is C12H25N3O3. The van der Waals surface area contributed by atoms with Crippen molar-refractivity contribution in [2.75, 3.05) is 34.2 Å². The second-order valence-corrected chi connectivity index (χ2v) is 5.81. The fraction of sp³-hybridized carbons (Fsp3) is 0.833. The molecule has 0 aromatic rings. The number of aliphatic carboxylic acids is 1. The predicted molar refractivity (Wildman–Crippen MR) is 70.6 cm³/mol. The third-order valence-corrected chi connectivity index (χ3v) is 2.61. The van der Waals surface area contributed by atoms with E-state index in [2.05, 4.69) is 5.32 Å². The molecule has 0 aromatic heterocycles. The summed E-state index contributed by atoms with van der Waals surface area (Å²) in [5.74, 6) is -1.02. The Labute approximate surface area is 109 Å². The maximum Gasteiger partial charge on any atom is 0.326 e. The molecule has 6 nitrogen and oxygen atoms in total. The van der Waals surface area contributed by atoms with Crippen LogP contribution < -0.4 is 5.32 Å². The molecule has 0 aliphatic carbocycles. The molecule has 0 saturated carbocycles. The Morgan fingerprint density at radius 1 is 1.17 bits per heavy atom. The average molecular weight is 259 g/mol. The van der Waals surface area contributed by atoms with Gasteiger partial charge in [-0.1, -0.05) is 20.8 Å². The minimum atomic E-state index is -1.02. The monoisotopic (exact) mass is 259 g/mol. The third kappa shape index (κ3) is 5.86. The van der Waals surface area contributed by atoms with E-state index < -0.39 is 17.4 Å². The standard InChI is InChI=1S/C12H25N3O3/c1-12(2,3)9(10(16)17)13-11(18)15(6)8-7-14(4)5/h9H,7-8H2,1-6H3,(H,13,18)(H,16,17). The Balaban J connectivity index is 4.47. The van der Waals surface area contributed by atoms with Crippen LogP contribution in [0.15, 0.2) is 0 Å². The van der Waals surface area contributed by atoms with Crippen molar-refractivity contribution in [2.24, 2.45) is 5.41 Å². The van der Waals surface area contributed by atoms with E-state index in [-0.39, 0.29) is 6.03 Å². The molecule has 0 rings (SSSR count). The summed E-state index contributed by atoms with van der Waals surface area (Å²) in [5.41, 5.74) is -0.524. The van der Waals surface area contributed by atoms with Gasteiger partial charge in [-0.15, -0.1) is 0 Å². The van der Waals surface area contributed by atoms with Crippen LogP contribution in [0.3, 0.4) is 0 Å². The van der Waals surface area contributed by atoms with Crippen LogP contribution in [-0.2, 0) is 4.79 Å². The summed E-state index contributed by atoms with van der Waals surface area (Å²) in [7, 11) is 5.49. The summed E-state index contributed by atoms with van der Waals surface area (Å²) >= 11 is 0. The Hall–Kier alpha value is -1.30. The number of rotatable bonds is 5. The lowest BCUT2D eigenvalue weighted by atomic mass is 9.87. The van der Waals surface area contributed by atoms with Crippen LogP contribution in [0.1, 0.15) is 20.8 Å². The van der Waals surface area contributed by atoms with E-state index in [1.807, 2.05) is 19.0 Å². The van der Waals surface area contributed by atoms with E-state index in [1.54, 1.807) is 27.8 Å². The number of hydrogen-bond acceptors (Lipinski definition) is 3. The highest BCUT2D eigenvalue weighted by atomic mass is 16.4. The molecule has 2 amide bonds. The van der Waals surface area contributed by atoms with Gasteiger partial charge in [-0.2, -0.15) is 0 Å². The van der Waals surface area contributed by atoms with Gasteiger partial charge in [-0.3, -0.25) is 0 Å². The number of urea groups is 1. The van der Waals surface area contributed by atoms with E-state index in [1.165, 1.54) is 4.90 Å². The first-order chi connectivity index (χ1) is 8.05. The Morgan fingerprint density at radius 3 is 2.00 bits per heavy atom. The van der Waals surface area contributed by atoms with Crippen molar-refractivity contribution in [3.05, 3.63) is 0 Å². The molecule has 1 atom stereocenters. The summed E-state index contributed by atoms with van der Waals surface area (Å²) in [6.45, 7) is 6.64. The number of carbonyl (C=O) groups excluding carboxylic acids is 1. The average Bonchev–Trinajstić information content (AvgIpc) is 2.19. The highest BCUT2D eigenvalue weighted by molar-refractivity contribution is 5.83. The van der Waals surface area contributed by atoms with Crippen molar-refractivity contribution in [3.63, 3.8) is 0 Å². The number of carbonyl (C=O) groups is 2. The molecule has 6 heteroatoms. The normalized spacial score (nSPS) is 13.3. The summed E-state index contributed by atoms with van der Waals surface area (Å²) in [4.78, 5) is 26.4. The first-order valence-corrected chi connectivity index (χ1v) is 5.95. The van der Waals surface area contributed by atoms with Crippen molar-refractivity contribution >= 4 is 12.0 Å². The van der Waals surface area contributed by atoms with Crippen LogP contribution >= 0.6 is 0 Å². The van der Waals surface area contributed by atoms with Crippen molar-refractivity contribution < 1.29 is 14.7 Å². The van der Waals surface area contributed by atoms with Crippen LogP contribution in [0.4, 0.5) is 4.79 Å². The number of nitrogens with one attached hydrogen (secondary N) is 1. The smallest absolute Gasteiger partial charge is 0.326 e. The molecule has 1 unspecified atom stereocenters. The highest BCUT2D eigenvalue weighted by Gasteiger charge is 2.33. The van der Waals surface area contributed by atoms with Gasteiger partial charge in [0.15, 0.2) is 0 Å². The lowest BCUT2D eigenvalue weighted by molar-refractivity contribution is -0.142. The van der Waals surface area contributed by atoms with Gasteiger partial charge in [0, 0.05) is 20.1 Å². The van der Waals surface area contributed by atoms with Crippen LogP contribution in [0, 0.1) is 5.41 Å². The fourth-order valence-corrected chi connectivity index (χ4v) is 1.33. The molecule has 2 N–H and O–H groups in total. The SMILES string of the molecule is CN(C)CCN(C)C(=O)NC(C(=O)O)C(C)(C)C. The summed E-state index contributed by atoms with van der Waals surface area (Å²) in [5, 5.41) is 11.7. The molecule has 18 heavy (non-hydrogen) atoms. The van der Waals surface area contributed by atoms with E-state index >= 15 is 0 Å². The molecule has 0 aliphatic heterocycles. The van der Waals surface area contributed by atoms with Crippen LogP contribution in [0.25, 0.3) is 0 Å². The topological polar surface area (TPSA) is 72.9 Å². The van der Waals surface area contributed by atoms with Gasteiger partial charge < -0.3 is 20.2 Å². The number of hydrogen-bond donors (Lipinski definition) is 2. The zero-order chi connectivity index (χ0) is 14.5. The number of carboxylic acids is 1. The predicted octanol–water partition coefficient (Wildman–Crippen LogP) is 0.689. The summed E-state index contributed by atoms with van der Waals surface area (Å²) in [6, 6.07) is -1.26. The number of nitrogens with zero attached hydrogens (tertiary/aromatic N) is 2. The highest BCUT2D eigenvalue weighted by Crippen LogP contribution is 2.19. The van der Waals surface area contributed by atoms with Crippen LogP contribution in [0.5, 0.6) is 0 Å². The van der Waals surface area contributed by atoms with Gasteiger partial charge in [0.1, 0.15) is 6.04 Å². The zero-order valence-corrected chi connectivity index (χ0v) is 12.1. The maximum atomic E-state index is 11.9. The fourth-order valence-electron chi connectivity index (χ4n) is 1.33. The van der Waals surface area contributed by atoms with E-state index in [0.717, 1.165) is 6.54 Å². The largest absolute Gasteiger partial charge is 0.480 e. The van der Waals surface area contributed by atoms with Gasteiger partial charge in [-0.25, -0.2) is 9.59 Å². The van der Waals surface area contributed by atoms with Crippen molar-refractivity contribution in [2.45, 2.75) is 26.8 Å². The molecule has 0 spiro atoms. The van der Waals surface area contributed by atoms with Gasteiger partial charge in [0.25, 0.3) is 0 Å². The molecule has 0 saturated heterocycles. The molecule has 106 valence electrons. The van der Waals surface area contributed by atoms with E-state index in [9.17, 15) is 9.59 Å². The first-order valence-electron chi connectivity index (χ1n) is 5.95. The lowest BCUT2D eigenvalue weighted by Gasteiger charge is -2.30. The molecule has 0 aliphatic rings. The van der Waals surface area contributed by atoms with Crippen molar-refractivity contribution in [1.82, 2.24) is 15.1 Å². The summed E-state index contributed by atoms with van der Waals surface area (Å²) in [6.07, 6.45) is 0. The molecule has 0 aromatic carbocycles. The van der Waals surface area contributed by atoms with Gasteiger partial charge in [-0.05, 0) is 19.5 Å². The van der Waals surface area contributed by atoms with Crippen LogP contribution in [-0.4, -0.2) is 67.2 Å². The van der Waals surface area contributed by atoms with E-state index in [0.29, 0.717) is 6.54 Å². The molecule has 0 fully saturated rings. The van der Waals surface area contributed by atoms with Gasteiger partial charge >= 0.3 is 12.0 Å². The third-order valence-electron chi connectivity index (χ3n) is 2.61. The Kier molecular flexibility index (Phi) is 6.11. The molecular weight excluding hydrogens is 234 g/mol. The maximum absolute atomic E-state index is 11.9. The minimum Gasteiger partial charge on any atom is -0.480 e. The number of carboxylic acid groups (broad SMARTS) is 1. The quantitative estimate of drug-likeness (QED) is 0.762. The second-order valence-electron chi connectivity index (χ2n) is 5.81. The lowest BCUT2D eigenvalue weighted by Crippen LogP contribution is -2.53. The first kappa shape index (κ1) is 16.7. The second kappa shape index (κ2) is 6.58.